The largest absolute Gasteiger partial charge is 0.416 e. The van der Waals surface area contributed by atoms with Crippen molar-refractivity contribution in [1.82, 2.24) is 24.7 Å². The van der Waals surface area contributed by atoms with E-state index in [0.29, 0.717) is 44.4 Å². The van der Waals surface area contributed by atoms with Crippen molar-refractivity contribution >= 4 is 33.3 Å². The van der Waals surface area contributed by atoms with Crippen LogP contribution in [0.1, 0.15) is 29.0 Å². The minimum absolute atomic E-state index is 0.206. The van der Waals surface area contributed by atoms with E-state index in [2.05, 4.69) is 36.0 Å². The SMILES string of the molecule is C[C@H]1CN(c2ccc(C(F)(F)F)cc2)C(=O)c2c(-c3nc(-c4ccc(N)nc4)[nH]c3Br)cnn21. The number of rotatable bonds is 3. The average molecular weight is 532 g/mol. The molecule has 0 unspecified atom stereocenters. The van der Waals surface area contributed by atoms with E-state index in [9.17, 15) is 18.0 Å². The van der Waals surface area contributed by atoms with Gasteiger partial charge in [0.2, 0.25) is 0 Å². The molecule has 0 bridgehead atoms. The molecule has 1 aromatic carbocycles. The lowest BCUT2D eigenvalue weighted by Gasteiger charge is -2.32. The molecule has 0 fully saturated rings. The van der Waals surface area contributed by atoms with Gasteiger partial charge in [-0.15, -0.1) is 0 Å². The summed E-state index contributed by atoms with van der Waals surface area (Å²) >= 11 is 3.47. The predicted octanol–water partition coefficient (Wildman–Crippen LogP) is 4.92. The minimum atomic E-state index is -4.45. The fraction of sp³-hybridized carbons (Fsp3) is 0.182. The second-order valence-corrected chi connectivity index (χ2v) is 8.67. The quantitative estimate of drug-likeness (QED) is 0.390. The zero-order valence-electron chi connectivity index (χ0n) is 17.6. The Morgan fingerprint density at radius 1 is 1.15 bits per heavy atom. The van der Waals surface area contributed by atoms with Crippen LogP contribution in [0.4, 0.5) is 24.7 Å². The van der Waals surface area contributed by atoms with Crippen LogP contribution in [0.2, 0.25) is 0 Å². The zero-order chi connectivity index (χ0) is 24.2. The van der Waals surface area contributed by atoms with Crippen molar-refractivity contribution in [2.45, 2.75) is 19.1 Å². The third-order valence-corrected chi connectivity index (χ3v) is 6.16. The molecule has 3 N–H and O–H groups in total. The van der Waals surface area contributed by atoms with Crippen LogP contribution in [0, 0.1) is 0 Å². The molecule has 34 heavy (non-hydrogen) atoms. The first kappa shape index (κ1) is 22.1. The Morgan fingerprint density at radius 2 is 1.88 bits per heavy atom. The topological polar surface area (TPSA) is 106 Å². The molecule has 0 saturated carbocycles. The van der Waals surface area contributed by atoms with Crippen LogP contribution in [0.25, 0.3) is 22.6 Å². The number of imidazole rings is 1. The van der Waals surface area contributed by atoms with Crippen LogP contribution in [-0.4, -0.2) is 37.2 Å². The Balaban J connectivity index is 1.53. The highest BCUT2D eigenvalue weighted by Crippen LogP contribution is 2.37. The molecular formula is C22H17BrF3N7O. The minimum Gasteiger partial charge on any atom is -0.384 e. The molecule has 1 amide bonds. The number of nitrogens with zero attached hydrogens (tertiary/aromatic N) is 5. The number of aromatic nitrogens is 5. The Kier molecular flexibility index (Phi) is 5.19. The van der Waals surface area contributed by atoms with E-state index < -0.39 is 11.7 Å². The van der Waals surface area contributed by atoms with Gasteiger partial charge in [-0.05, 0) is 59.3 Å². The van der Waals surface area contributed by atoms with E-state index >= 15 is 0 Å². The number of hydrogen-bond donors (Lipinski definition) is 2. The molecule has 1 aliphatic heterocycles. The number of H-pyrrole nitrogens is 1. The summed E-state index contributed by atoms with van der Waals surface area (Å²) in [7, 11) is 0. The summed E-state index contributed by atoms with van der Waals surface area (Å²) in [4.78, 5) is 26.8. The third kappa shape index (κ3) is 3.73. The zero-order valence-corrected chi connectivity index (χ0v) is 19.2. The van der Waals surface area contributed by atoms with Gasteiger partial charge in [0.25, 0.3) is 5.91 Å². The summed E-state index contributed by atoms with van der Waals surface area (Å²) in [5, 5.41) is 4.39. The standard InChI is InChI=1S/C22H17BrF3N7O/c1-11-10-32(14-5-3-13(4-6-14)22(24,25)26)21(34)18-15(9-29-33(11)18)17-19(23)31-20(30-17)12-2-7-16(27)28-8-12/h2-9,11H,10H2,1H3,(H2,27,28)(H,30,31)/t11-/m0/s1. The molecule has 1 aliphatic rings. The van der Waals surface area contributed by atoms with E-state index in [1.807, 2.05) is 6.92 Å². The maximum Gasteiger partial charge on any atom is 0.416 e. The molecule has 12 heteroatoms. The highest BCUT2D eigenvalue weighted by atomic mass is 79.9. The van der Waals surface area contributed by atoms with E-state index in [1.54, 1.807) is 29.2 Å². The Bertz CT molecular complexity index is 1380. The van der Waals surface area contributed by atoms with Gasteiger partial charge in [0.1, 0.15) is 27.6 Å². The smallest absolute Gasteiger partial charge is 0.384 e. The summed E-state index contributed by atoms with van der Waals surface area (Å²) in [6.07, 6.45) is -1.31. The first-order valence-electron chi connectivity index (χ1n) is 10.2. The number of benzene rings is 1. The van der Waals surface area contributed by atoms with Gasteiger partial charge in [-0.3, -0.25) is 9.48 Å². The molecule has 5 rings (SSSR count). The maximum atomic E-state index is 13.5. The summed E-state index contributed by atoms with van der Waals surface area (Å²) < 4.78 is 41.0. The molecule has 8 nitrogen and oxygen atoms in total. The molecule has 0 radical (unpaired) electrons. The Hall–Kier alpha value is -3.67. The van der Waals surface area contributed by atoms with Gasteiger partial charge < -0.3 is 15.6 Å². The molecule has 0 spiro atoms. The summed E-state index contributed by atoms with van der Waals surface area (Å²) in [6, 6.07) is 7.76. The molecule has 4 aromatic rings. The van der Waals surface area contributed by atoms with Crippen LogP contribution >= 0.6 is 15.9 Å². The van der Waals surface area contributed by atoms with Crippen molar-refractivity contribution in [3.8, 4) is 22.6 Å². The lowest BCUT2D eigenvalue weighted by molar-refractivity contribution is -0.137. The second-order valence-electron chi connectivity index (χ2n) is 7.88. The van der Waals surface area contributed by atoms with Gasteiger partial charge in [0.15, 0.2) is 0 Å². The van der Waals surface area contributed by atoms with Gasteiger partial charge in [-0.1, -0.05) is 0 Å². The number of hydrogen-bond acceptors (Lipinski definition) is 5. The van der Waals surface area contributed by atoms with Crippen LogP contribution in [-0.2, 0) is 6.18 Å². The second kappa shape index (κ2) is 7.97. The fourth-order valence-electron chi connectivity index (χ4n) is 3.90. The lowest BCUT2D eigenvalue weighted by Crippen LogP contribution is -2.42. The van der Waals surface area contributed by atoms with E-state index in [1.165, 1.54) is 17.0 Å². The summed E-state index contributed by atoms with van der Waals surface area (Å²) in [6.45, 7) is 2.15. The number of carbonyl (C=O) groups excluding carboxylic acids is 1. The number of nitrogens with two attached hydrogens (primary N) is 1. The molecule has 1 atom stereocenters. The summed E-state index contributed by atoms with van der Waals surface area (Å²) in [5.74, 6) is 0.518. The number of aromatic amines is 1. The number of anilines is 2. The van der Waals surface area contributed by atoms with E-state index in [4.69, 9.17) is 5.73 Å². The lowest BCUT2D eigenvalue weighted by atomic mass is 10.1. The van der Waals surface area contributed by atoms with Crippen molar-refractivity contribution in [3.05, 3.63) is 64.7 Å². The molecule has 0 aliphatic carbocycles. The molecule has 4 heterocycles. The highest BCUT2D eigenvalue weighted by Gasteiger charge is 2.36. The van der Waals surface area contributed by atoms with Crippen LogP contribution < -0.4 is 10.6 Å². The highest BCUT2D eigenvalue weighted by molar-refractivity contribution is 9.10. The Morgan fingerprint density at radius 3 is 2.53 bits per heavy atom. The number of fused-ring (bicyclic) bond motifs is 1. The van der Waals surface area contributed by atoms with E-state index in [0.717, 1.165) is 12.1 Å². The van der Waals surface area contributed by atoms with Gasteiger partial charge >= 0.3 is 6.18 Å². The maximum absolute atomic E-state index is 13.5. The molecule has 174 valence electrons. The first-order valence-corrected chi connectivity index (χ1v) is 11.0. The summed E-state index contributed by atoms with van der Waals surface area (Å²) in [5.41, 5.74) is 7.22. The number of halogens is 4. The van der Waals surface area contributed by atoms with Gasteiger partial charge in [0, 0.05) is 24.0 Å². The number of nitrogens with one attached hydrogen (secondary N) is 1. The number of pyridine rings is 1. The van der Waals surface area contributed by atoms with Crippen molar-refractivity contribution in [2.24, 2.45) is 0 Å². The van der Waals surface area contributed by atoms with Crippen molar-refractivity contribution in [3.63, 3.8) is 0 Å². The Labute approximate surface area is 199 Å². The molecule has 3 aromatic heterocycles. The van der Waals surface area contributed by atoms with Crippen LogP contribution in [0.15, 0.2) is 53.4 Å². The normalized spacial score (nSPS) is 16.1. The van der Waals surface area contributed by atoms with Gasteiger partial charge in [-0.2, -0.15) is 18.3 Å². The predicted molar refractivity (Wildman–Crippen MR) is 123 cm³/mol. The average Bonchev–Trinajstić information content (AvgIpc) is 3.40. The van der Waals surface area contributed by atoms with Crippen LogP contribution in [0.3, 0.4) is 0 Å². The van der Waals surface area contributed by atoms with Crippen molar-refractivity contribution < 1.29 is 18.0 Å². The van der Waals surface area contributed by atoms with Gasteiger partial charge in [0.05, 0.1) is 23.4 Å². The monoisotopic (exact) mass is 531 g/mol. The van der Waals surface area contributed by atoms with Gasteiger partial charge in [-0.25, -0.2) is 9.97 Å². The third-order valence-electron chi connectivity index (χ3n) is 5.59. The number of carbonyl (C=O) groups is 1. The van der Waals surface area contributed by atoms with E-state index in [-0.39, 0.29) is 18.5 Å². The fourth-order valence-corrected chi connectivity index (χ4v) is 4.39. The number of alkyl halides is 3. The first-order chi connectivity index (χ1) is 16.1. The molecular weight excluding hydrogens is 515 g/mol. The number of nitrogen functional groups attached to an aromatic ring is 1. The van der Waals surface area contributed by atoms with Crippen molar-refractivity contribution in [1.29, 1.82) is 0 Å². The number of amides is 1. The van der Waals surface area contributed by atoms with Crippen molar-refractivity contribution in [2.75, 3.05) is 17.2 Å². The van der Waals surface area contributed by atoms with Crippen LogP contribution in [0.5, 0.6) is 0 Å². The molecule has 0 saturated heterocycles.